The average molecular weight is 306 g/mol. The summed E-state index contributed by atoms with van der Waals surface area (Å²) in [5.74, 6) is -0.0974. The number of likely N-dealkylation sites (N-methyl/N-ethyl adjacent to an activating group) is 1. The molecule has 0 aliphatic heterocycles. The lowest BCUT2D eigenvalue weighted by Gasteiger charge is -2.17. The minimum atomic E-state index is -4.31. The molecule has 1 atom stereocenters. The molecule has 0 saturated carbocycles. The van der Waals surface area contributed by atoms with Gasteiger partial charge in [-0.15, -0.1) is 0 Å². The quantitative estimate of drug-likeness (QED) is 0.902. The number of hydrogen-bond donors (Lipinski definition) is 1. The van der Waals surface area contributed by atoms with Crippen LogP contribution in [-0.4, -0.2) is 47.4 Å². The maximum Gasteiger partial charge on any atom is 0.408 e. The highest BCUT2D eigenvalue weighted by molar-refractivity contribution is 5.77. The van der Waals surface area contributed by atoms with Crippen LogP contribution in [0.25, 0.3) is 0 Å². The van der Waals surface area contributed by atoms with Crippen LogP contribution in [0.1, 0.15) is 29.9 Å². The number of carbonyl (C=O) groups excluding carboxylic acids is 1. The highest BCUT2D eigenvalue weighted by Crippen LogP contribution is 2.24. The highest BCUT2D eigenvalue weighted by Gasteiger charge is 2.30. The number of halogens is 3. The zero-order chi connectivity index (χ0) is 16.4. The molecule has 0 aliphatic carbocycles. The number of aromatic nitrogens is 2. The van der Waals surface area contributed by atoms with Crippen molar-refractivity contribution in [2.45, 2.75) is 39.5 Å². The summed E-state index contributed by atoms with van der Waals surface area (Å²) in [6.07, 6.45) is -4.31. The van der Waals surface area contributed by atoms with E-state index in [0.717, 1.165) is 4.68 Å². The van der Waals surface area contributed by atoms with E-state index in [-0.39, 0.29) is 18.5 Å². The number of rotatable bonds is 5. The van der Waals surface area contributed by atoms with Crippen molar-refractivity contribution in [3.8, 4) is 0 Å². The van der Waals surface area contributed by atoms with E-state index in [1.165, 1.54) is 4.90 Å². The molecular weight excluding hydrogens is 285 g/mol. The third-order valence-electron chi connectivity index (χ3n) is 3.26. The van der Waals surface area contributed by atoms with Crippen LogP contribution in [0.2, 0.25) is 0 Å². The fraction of sp³-hybridized carbons (Fsp3) is 0.692. The second-order valence-corrected chi connectivity index (χ2v) is 5.25. The van der Waals surface area contributed by atoms with Crippen LogP contribution in [0.3, 0.4) is 0 Å². The van der Waals surface area contributed by atoms with Gasteiger partial charge in [-0.05, 0) is 20.8 Å². The molecule has 1 rings (SSSR count). The van der Waals surface area contributed by atoms with Crippen molar-refractivity contribution < 1.29 is 18.0 Å². The maximum absolute atomic E-state index is 12.5. The maximum atomic E-state index is 12.5. The number of amides is 1. The molecule has 0 aliphatic rings. The van der Waals surface area contributed by atoms with Crippen LogP contribution < -0.4 is 5.32 Å². The summed E-state index contributed by atoms with van der Waals surface area (Å²) in [6.45, 7) is 4.09. The van der Waals surface area contributed by atoms with Crippen molar-refractivity contribution in [1.82, 2.24) is 20.0 Å². The van der Waals surface area contributed by atoms with Gasteiger partial charge in [0.1, 0.15) is 6.54 Å². The molecule has 1 N–H and O–H groups in total. The van der Waals surface area contributed by atoms with Crippen LogP contribution in [0, 0.1) is 13.8 Å². The largest absolute Gasteiger partial charge is 0.408 e. The van der Waals surface area contributed by atoms with E-state index in [9.17, 15) is 18.0 Å². The molecule has 1 aromatic rings. The van der Waals surface area contributed by atoms with Crippen molar-refractivity contribution in [1.29, 1.82) is 0 Å². The van der Waals surface area contributed by atoms with Crippen molar-refractivity contribution in [3.05, 3.63) is 17.0 Å². The number of carbonyl (C=O) groups is 1. The van der Waals surface area contributed by atoms with Crippen molar-refractivity contribution >= 4 is 5.91 Å². The third-order valence-corrected chi connectivity index (χ3v) is 3.26. The first-order valence-electron chi connectivity index (χ1n) is 6.57. The Morgan fingerprint density at radius 2 is 1.95 bits per heavy atom. The predicted molar refractivity (Wildman–Crippen MR) is 72.9 cm³/mol. The average Bonchev–Trinajstić information content (AvgIpc) is 2.58. The lowest BCUT2D eigenvalue weighted by Crippen LogP contribution is -2.34. The molecule has 8 heteroatoms. The molecule has 120 valence electrons. The molecule has 1 aromatic heterocycles. The molecule has 1 heterocycles. The molecule has 0 radical (unpaired) electrons. The van der Waals surface area contributed by atoms with E-state index >= 15 is 0 Å². The Morgan fingerprint density at radius 3 is 2.43 bits per heavy atom. The number of alkyl halides is 3. The van der Waals surface area contributed by atoms with Crippen LogP contribution >= 0.6 is 0 Å². The molecule has 0 saturated heterocycles. The van der Waals surface area contributed by atoms with Gasteiger partial charge in [0.05, 0.1) is 12.2 Å². The highest BCUT2D eigenvalue weighted by atomic mass is 19.4. The van der Waals surface area contributed by atoms with E-state index in [0.29, 0.717) is 17.0 Å². The topological polar surface area (TPSA) is 50.2 Å². The van der Waals surface area contributed by atoms with Gasteiger partial charge < -0.3 is 10.2 Å². The molecule has 0 spiro atoms. The van der Waals surface area contributed by atoms with E-state index in [4.69, 9.17) is 0 Å². The molecular formula is C13H21F3N4O. The Kier molecular flexibility index (Phi) is 5.38. The van der Waals surface area contributed by atoms with Gasteiger partial charge in [-0.1, -0.05) is 0 Å². The van der Waals surface area contributed by atoms with E-state index in [1.807, 2.05) is 0 Å². The molecule has 0 unspecified atom stereocenters. The van der Waals surface area contributed by atoms with Gasteiger partial charge in [-0.2, -0.15) is 18.3 Å². The third kappa shape index (κ3) is 4.73. The van der Waals surface area contributed by atoms with Gasteiger partial charge in [0, 0.05) is 31.4 Å². The molecule has 1 amide bonds. The Morgan fingerprint density at radius 1 is 1.38 bits per heavy atom. The zero-order valence-corrected chi connectivity index (χ0v) is 12.9. The van der Waals surface area contributed by atoms with E-state index in [2.05, 4.69) is 10.4 Å². The lowest BCUT2D eigenvalue weighted by atomic mass is 10.1. The summed E-state index contributed by atoms with van der Waals surface area (Å²) in [4.78, 5) is 13.0. The minimum absolute atomic E-state index is 0.0974. The SMILES string of the molecule is Cc1nn(CC(F)(F)F)c(C)c1[C@H](C)NCC(=O)N(C)C. The summed E-state index contributed by atoms with van der Waals surface area (Å²) < 4.78 is 38.4. The second kappa shape index (κ2) is 6.46. The normalized spacial score (nSPS) is 13.3. The first-order chi connectivity index (χ1) is 9.53. The minimum Gasteiger partial charge on any atom is -0.348 e. The van der Waals surface area contributed by atoms with E-state index in [1.54, 1.807) is 34.9 Å². The summed E-state index contributed by atoms with van der Waals surface area (Å²) in [6, 6.07) is -0.254. The number of hydrogen-bond acceptors (Lipinski definition) is 3. The molecule has 0 fully saturated rings. The fourth-order valence-electron chi connectivity index (χ4n) is 2.16. The van der Waals surface area contributed by atoms with Gasteiger partial charge in [0.25, 0.3) is 0 Å². The summed E-state index contributed by atoms with van der Waals surface area (Å²) >= 11 is 0. The first-order valence-corrected chi connectivity index (χ1v) is 6.57. The van der Waals surface area contributed by atoms with Crippen molar-refractivity contribution in [2.24, 2.45) is 0 Å². The number of nitrogens with one attached hydrogen (secondary N) is 1. The lowest BCUT2D eigenvalue weighted by molar-refractivity contribution is -0.143. The monoisotopic (exact) mass is 306 g/mol. The van der Waals surface area contributed by atoms with E-state index < -0.39 is 12.7 Å². The standard InChI is InChI=1S/C13H21F3N4O/c1-8(17-6-11(21)19(4)5)12-9(2)18-20(10(12)3)7-13(14,15)16/h8,17H,6-7H2,1-5H3/t8-/m0/s1. The van der Waals surface area contributed by atoms with Gasteiger partial charge in [-0.3, -0.25) is 9.48 Å². The zero-order valence-electron chi connectivity index (χ0n) is 12.9. The summed E-state index contributed by atoms with van der Waals surface area (Å²) in [5, 5.41) is 6.95. The number of nitrogens with zero attached hydrogens (tertiary/aromatic N) is 3. The Labute approximate surface area is 122 Å². The van der Waals surface area contributed by atoms with Crippen LogP contribution in [0.5, 0.6) is 0 Å². The van der Waals surface area contributed by atoms with Gasteiger partial charge in [0.2, 0.25) is 5.91 Å². The molecule has 0 aromatic carbocycles. The fourth-order valence-corrected chi connectivity index (χ4v) is 2.16. The predicted octanol–water partition coefficient (Wildman–Crippen LogP) is 1.80. The molecule has 5 nitrogen and oxygen atoms in total. The number of aryl methyl sites for hydroxylation is 1. The second-order valence-electron chi connectivity index (χ2n) is 5.25. The molecule has 21 heavy (non-hydrogen) atoms. The van der Waals surface area contributed by atoms with Crippen molar-refractivity contribution in [2.75, 3.05) is 20.6 Å². The van der Waals surface area contributed by atoms with Crippen LogP contribution in [0.15, 0.2) is 0 Å². The Hall–Kier alpha value is -1.57. The Balaban J connectivity index is 2.85. The van der Waals surface area contributed by atoms with Gasteiger partial charge in [-0.25, -0.2) is 0 Å². The first kappa shape index (κ1) is 17.5. The smallest absolute Gasteiger partial charge is 0.348 e. The van der Waals surface area contributed by atoms with Crippen molar-refractivity contribution in [3.63, 3.8) is 0 Å². The summed E-state index contributed by atoms with van der Waals surface area (Å²) in [7, 11) is 3.29. The van der Waals surface area contributed by atoms with Gasteiger partial charge in [0.15, 0.2) is 0 Å². The van der Waals surface area contributed by atoms with Crippen LogP contribution in [0.4, 0.5) is 13.2 Å². The summed E-state index contributed by atoms with van der Waals surface area (Å²) in [5.41, 5.74) is 1.70. The Bertz CT molecular complexity index is 508. The van der Waals surface area contributed by atoms with Gasteiger partial charge >= 0.3 is 6.18 Å². The molecule has 0 bridgehead atoms. The van der Waals surface area contributed by atoms with Crippen LogP contribution in [-0.2, 0) is 11.3 Å².